The smallest absolute Gasteiger partial charge is 0.344 e. The third-order valence-corrected chi connectivity index (χ3v) is 9.27. The van der Waals surface area contributed by atoms with E-state index in [9.17, 15) is 9.59 Å². The van der Waals surface area contributed by atoms with Gasteiger partial charge in [-0.15, -0.1) is 11.3 Å². The number of thiophene rings is 1. The number of nitrogens with zero attached hydrogens (tertiary/aromatic N) is 3. The zero-order chi connectivity index (χ0) is 29.2. The molecule has 1 N–H and O–H groups in total. The fourth-order valence-electron chi connectivity index (χ4n) is 5.87. The molecule has 0 bridgehead atoms. The summed E-state index contributed by atoms with van der Waals surface area (Å²) in [4.78, 5) is 31.3. The summed E-state index contributed by atoms with van der Waals surface area (Å²) in [6, 6.07) is 19.3. The highest BCUT2D eigenvalue weighted by Gasteiger charge is 2.36. The van der Waals surface area contributed by atoms with E-state index in [0.29, 0.717) is 24.6 Å². The molecular formula is C33H36N4O4S. The number of esters is 1. The van der Waals surface area contributed by atoms with Gasteiger partial charge in [0.1, 0.15) is 10.8 Å². The Kier molecular flexibility index (Phi) is 7.93. The van der Waals surface area contributed by atoms with Crippen molar-refractivity contribution in [1.82, 2.24) is 9.47 Å². The van der Waals surface area contributed by atoms with Crippen molar-refractivity contribution in [1.29, 1.82) is 0 Å². The van der Waals surface area contributed by atoms with Crippen LogP contribution in [0.4, 0.5) is 16.2 Å². The first kappa shape index (κ1) is 27.9. The minimum Gasteiger partial charge on any atom is -0.482 e. The molecule has 0 saturated carbocycles. The monoisotopic (exact) mass is 584 g/mol. The van der Waals surface area contributed by atoms with Crippen LogP contribution in [0.3, 0.4) is 0 Å². The van der Waals surface area contributed by atoms with Crippen LogP contribution in [0.2, 0.25) is 0 Å². The first-order valence-electron chi connectivity index (χ1n) is 14.5. The van der Waals surface area contributed by atoms with Gasteiger partial charge in [0.25, 0.3) is 0 Å². The largest absolute Gasteiger partial charge is 0.482 e. The quantitative estimate of drug-likeness (QED) is 0.249. The minimum absolute atomic E-state index is 0.158. The number of urea groups is 1. The van der Waals surface area contributed by atoms with Gasteiger partial charge >= 0.3 is 12.0 Å². The van der Waals surface area contributed by atoms with Crippen LogP contribution in [-0.4, -0.2) is 48.8 Å². The molecule has 0 saturated heterocycles. The number of aromatic nitrogens is 1. The summed E-state index contributed by atoms with van der Waals surface area (Å²) in [5, 5.41) is 4.36. The number of carbonyl (C=O) groups excluding carboxylic acids is 2. The molecule has 2 aromatic carbocycles. The van der Waals surface area contributed by atoms with Gasteiger partial charge in [0, 0.05) is 42.1 Å². The highest BCUT2D eigenvalue weighted by atomic mass is 32.1. The van der Waals surface area contributed by atoms with Gasteiger partial charge in [-0.25, -0.2) is 9.59 Å². The number of rotatable bonds is 7. The standard InChI is InChI=1S/C33H36N4O4S/c1-4-40-30(38)21-41-25-17-13-23(14-18-25)34-33(39)37-20-27-26-8-5-6-10-29(26)42-32(27)36-19-7-9-28(36)31(37)22-11-15-24(16-12-22)35(2)3/h7,9,11-19,31H,4-6,8,10,20-21H2,1-3H3,(H,34,39). The van der Waals surface area contributed by atoms with Crippen molar-refractivity contribution in [3.8, 4) is 10.8 Å². The average molecular weight is 585 g/mol. The molecule has 2 aromatic heterocycles. The van der Waals surface area contributed by atoms with Gasteiger partial charge < -0.3 is 29.2 Å². The van der Waals surface area contributed by atoms with Crippen LogP contribution < -0.4 is 15.0 Å². The van der Waals surface area contributed by atoms with Gasteiger partial charge in [0.15, 0.2) is 6.61 Å². The third kappa shape index (κ3) is 5.48. The molecule has 2 amide bonds. The molecule has 9 heteroatoms. The summed E-state index contributed by atoms with van der Waals surface area (Å²) in [6.45, 7) is 2.43. The van der Waals surface area contributed by atoms with Gasteiger partial charge in [0.2, 0.25) is 0 Å². The van der Waals surface area contributed by atoms with E-state index < -0.39 is 5.97 Å². The second kappa shape index (κ2) is 11.9. The number of hydrogen-bond acceptors (Lipinski definition) is 6. The maximum atomic E-state index is 14.2. The van der Waals surface area contributed by atoms with Crippen molar-refractivity contribution in [2.75, 3.05) is 37.5 Å². The molecule has 0 radical (unpaired) electrons. The van der Waals surface area contributed by atoms with Crippen molar-refractivity contribution < 1.29 is 19.1 Å². The Bertz CT molecular complexity index is 1570. The lowest BCUT2D eigenvalue weighted by molar-refractivity contribution is -0.145. The number of carbonyl (C=O) groups is 2. The summed E-state index contributed by atoms with van der Waals surface area (Å²) in [7, 11) is 4.06. The van der Waals surface area contributed by atoms with Crippen molar-refractivity contribution >= 4 is 34.7 Å². The summed E-state index contributed by atoms with van der Waals surface area (Å²) in [5.41, 5.74) is 6.57. The Hall–Kier alpha value is -4.24. The van der Waals surface area contributed by atoms with Crippen LogP contribution in [0.25, 0.3) is 5.00 Å². The summed E-state index contributed by atoms with van der Waals surface area (Å²) >= 11 is 1.88. The first-order valence-corrected chi connectivity index (χ1v) is 15.3. The molecule has 0 spiro atoms. The molecule has 6 rings (SSSR count). The van der Waals surface area contributed by atoms with Crippen molar-refractivity contribution in [3.63, 3.8) is 0 Å². The number of aryl methyl sites for hydroxylation is 1. The fraction of sp³-hybridized carbons (Fsp3) is 0.333. The molecule has 218 valence electrons. The molecule has 1 atom stereocenters. The van der Waals surface area contributed by atoms with Crippen molar-refractivity contribution in [2.45, 2.75) is 45.2 Å². The van der Waals surface area contributed by atoms with Crippen LogP contribution >= 0.6 is 11.3 Å². The number of ether oxygens (including phenoxy) is 2. The number of amides is 2. The average Bonchev–Trinajstić information content (AvgIpc) is 3.59. The van der Waals surface area contributed by atoms with E-state index in [-0.39, 0.29) is 18.7 Å². The lowest BCUT2D eigenvalue weighted by Crippen LogP contribution is -2.38. The van der Waals surface area contributed by atoms with Crippen LogP contribution in [0, 0.1) is 0 Å². The summed E-state index contributed by atoms with van der Waals surface area (Å²) in [5.74, 6) is 0.113. The van der Waals surface area contributed by atoms with E-state index in [1.807, 2.05) is 30.3 Å². The molecule has 3 heterocycles. The zero-order valence-electron chi connectivity index (χ0n) is 24.3. The second-order valence-electron chi connectivity index (χ2n) is 10.9. The Morgan fingerprint density at radius 2 is 1.76 bits per heavy atom. The third-order valence-electron chi connectivity index (χ3n) is 7.93. The van der Waals surface area contributed by atoms with E-state index >= 15 is 0 Å². The van der Waals surface area contributed by atoms with E-state index in [1.165, 1.54) is 33.8 Å². The van der Waals surface area contributed by atoms with Crippen molar-refractivity contribution in [2.24, 2.45) is 0 Å². The minimum atomic E-state index is -0.416. The molecule has 42 heavy (non-hydrogen) atoms. The lowest BCUT2D eigenvalue weighted by Gasteiger charge is -2.31. The summed E-state index contributed by atoms with van der Waals surface area (Å²) in [6.07, 6.45) is 6.70. The molecule has 1 unspecified atom stereocenters. The van der Waals surface area contributed by atoms with Crippen LogP contribution in [0.5, 0.6) is 5.75 Å². The van der Waals surface area contributed by atoms with Gasteiger partial charge in [0.05, 0.1) is 24.9 Å². The molecule has 1 aliphatic heterocycles. The first-order chi connectivity index (χ1) is 20.4. The number of nitrogens with one attached hydrogen (secondary N) is 1. The lowest BCUT2D eigenvalue weighted by atomic mass is 9.95. The van der Waals surface area contributed by atoms with E-state index in [0.717, 1.165) is 29.8 Å². The predicted molar refractivity (Wildman–Crippen MR) is 166 cm³/mol. The number of hydrogen-bond donors (Lipinski definition) is 1. The van der Waals surface area contributed by atoms with Crippen LogP contribution in [0.1, 0.15) is 53.1 Å². The van der Waals surface area contributed by atoms with E-state index in [1.54, 1.807) is 31.2 Å². The predicted octanol–water partition coefficient (Wildman–Crippen LogP) is 6.56. The molecule has 1 aliphatic carbocycles. The molecule has 8 nitrogen and oxygen atoms in total. The summed E-state index contributed by atoms with van der Waals surface area (Å²) < 4.78 is 12.7. The maximum Gasteiger partial charge on any atom is 0.344 e. The highest BCUT2D eigenvalue weighted by molar-refractivity contribution is 7.15. The second-order valence-corrected chi connectivity index (χ2v) is 11.9. The normalized spacial score (nSPS) is 15.6. The number of anilines is 2. The van der Waals surface area contributed by atoms with Gasteiger partial charge in [-0.05, 0) is 92.3 Å². The molecule has 2 aliphatic rings. The SMILES string of the molecule is CCOC(=O)COc1ccc(NC(=O)N2Cc3c(sc4c3CCCC4)-n3cccc3C2c2ccc(N(C)C)cc2)cc1. The van der Waals surface area contributed by atoms with Gasteiger partial charge in [-0.3, -0.25) is 0 Å². The van der Waals surface area contributed by atoms with Crippen LogP contribution in [0.15, 0.2) is 66.9 Å². The Labute approximate surface area is 250 Å². The Morgan fingerprint density at radius 3 is 2.50 bits per heavy atom. The molecular weight excluding hydrogens is 548 g/mol. The zero-order valence-corrected chi connectivity index (χ0v) is 25.1. The van der Waals surface area contributed by atoms with E-state index in [4.69, 9.17) is 9.47 Å². The van der Waals surface area contributed by atoms with Gasteiger partial charge in [-0.1, -0.05) is 12.1 Å². The Morgan fingerprint density at radius 1 is 1.00 bits per heavy atom. The van der Waals surface area contributed by atoms with Gasteiger partial charge in [-0.2, -0.15) is 0 Å². The van der Waals surface area contributed by atoms with Crippen LogP contribution in [-0.2, 0) is 28.9 Å². The highest BCUT2D eigenvalue weighted by Crippen LogP contribution is 2.44. The number of benzene rings is 2. The van der Waals surface area contributed by atoms with E-state index in [2.05, 4.69) is 57.4 Å². The Balaban J connectivity index is 1.33. The van der Waals surface area contributed by atoms with Crippen molar-refractivity contribution in [3.05, 3.63) is 94.1 Å². The number of fused-ring (bicyclic) bond motifs is 5. The molecule has 0 fully saturated rings. The maximum absolute atomic E-state index is 14.2. The topological polar surface area (TPSA) is 76.0 Å². The fourth-order valence-corrected chi connectivity index (χ4v) is 7.27. The molecule has 4 aromatic rings.